The predicted molar refractivity (Wildman–Crippen MR) is 102 cm³/mol. The first-order valence-corrected chi connectivity index (χ1v) is 8.83. The molecule has 0 aliphatic heterocycles. The Balaban J connectivity index is 2.75. The lowest BCUT2D eigenvalue weighted by molar-refractivity contribution is -0.142. The molecule has 0 saturated carbocycles. The van der Waals surface area contributed by atoms with Crippen molar-refractivity contribution in [1.82, 2.24) is 16.0 Å². The summed E-state index contributed by atoms with van der Waals surface area (Å²) in [4.78, 5) is 47.2. The number of hydrogen-bond donors (Lipinski definition) is 7. The zero-order valence-electron chi connectivity index (χ0n) is 16.1. The SMILES string of the molecule is CC(N)C(=O)NCC(=O)NC(C(=O)NC(Cc1ccc(O)cc1)C(=O)O)C(C)O. The molecule has 8 N–H and O–H groups in total. The molecule has 11 nitrogen and oxygen atoms in total. The van der Waals surface area contributed by atoms with Crippen LogP contribution in [0.3, 0.4) is 0 Å². The molecular weight excluding hydrogens is 384 g/mol. The van der Waals surface area contributed by atoms with Crippen LogP contribution in [0.25, 0.3) is 0 Å². The van der Waals surface area contributed by atoms with Gasteiger partial charge in [-0.2, -0.15) is 0 Å². The van der Waals surface area contributed by atoms with Crippen molar-refractivity contribution in [1.29, 1.82) is 0 Å². The number of nitrogens with one attached hydrogen (secondary N) is 3. The molecule has 0 aromatic heterocycles. The largest absolute Gasteiger partial charge is 0.508 e. The van der Waals surface area contributed by atoms with E-state index < -0.39 is 54.5 Å². The third kappa shape index (κ3) is 8.15. The molecule has 4 unspecified atom stereocenters. The number of phenolic OH excluding ortho intramolecular Hbond substituents is 1. The molecule has 0 aliphatic rings. The lowest BCUT2D eigenvalue weighted by Gasteiger charge is -2.23. The number of aliphatic hydroxyl groups excluding tert-OH is 1. The van der Waals surface area contributed by atoms with Crippen LogP contribution in [0.4, 0.5) is 0 Å². The van der Waals surface area contributed by atoms with Crippen LogP contribution in [0, 0.1) is 0 Å². The lowest BCUT2D eigenvalue weighted by atomic mass is 10.0. The average Bonchev–Trinajstić information content (AvgIpc) is 2.64. The molecule has 11 heteroatoms. The third-order valence-corrected chi connectivity index (χ3v) is 3.91. The summed E-state index contributed by atoms with van der Waals surface area (Å²) in [5.41, 5.74) is 5.91. The summed E-state index contributed by atoms with van der Waals surface area (Å²) in [7, 11) is 0. The minimum Gasteiger partial charge on any atom is -0.508 e. The maximum Gasteiger partial charge on any atom is 0.326 e. The average molecular weight is 410 g/mol. The van der Waals surface area contributed by atoms with Gasteiger partial charge in [0.1, 0.15) is 17.8 Å². The molecule has 0 bridgehead atoms. The van der Waals surface area contributed by atoms with Crippen molar-refractivity contribution >= 4 is 23.7 Å². The lowest BCUT2D eigenvalue weighted by Crippen LogP contribution is -2.57. The van der Waals surface area contributed by atoms with E-state index in [1.54, 1.807) is 0 Å². The predicted octanol–water partition coefficient (Wildman–Crippen LogP) is -2.17. The van der Waals surface area contributed by atoms with Crippen molar-refractivity contribution in [2.24, 2.45) is 5.73 Å². The van der Waals surface area contributed by atoms with Crippen molar-refractivity contribution in [2.45, 2.75) is 44.5 Å². The van der Waals surface area contributed by atoms with Gasteiger partial charge in [0, 0.05) is 6.42 Å². The molecule has 1 rings (SSSR count). The highest BCUT2D eigenvalue weighted by Crippen LogP contribution is 2.11. The Morgan fingerprint density at radius 3 is 2.10 bits per heavy atom. The summed E-state index contributed by atoms with van der Waals surface area (Å²) < 4.78 is 0. The third-order valence-electron chi connectivity index (χ3n) is 3.91. The van der Waals surface area contributed by atoms with Gasteiger partial charge in [0.05, 0.1) is 18.7 Å². The fourth-order valence-electron chi connectivity index (χ4n) is 2.29. The zero-order valence-corrected chi connectivity index (χ0v) is 16.1. The van der Waals surface area contributed by atoms with E-state index in [9.17, 15) is 34.5 Å². The van der Waals surface area contributed by atoms with Gasteiger partial charge in [0.15, 0.2) is 0 Å². The molecule has 0 radical (unpaired) electrons. The van der Waals surface area contributed by atoms with E-state index in [4.69, 9.17) is 5.73 Å². The number of carboxylic acids is 1. The molecule has 1 aromatic rings. The Hall–Kier alpha value is -3.18. The topological polar surface area (TPSA) is 191 Å². The minimum absolute atomic E-state index is 0.0117. The number of aromatic hydroxyl groups is 1. The van der Waals surface area contributed by atoms with Gasteiger partial charge in [-0.25, -0.2) is 4.79 Å². The fourth-order valence-corrected chi connectivity index (χ4v) is 2.29. The first kappa shape index (κ1) is 23.9. The van der Waals surface area contributed by atoms with Crippen LogP contribution < -0.4 is 21.7 Å². The number of aliphatic hydroxyl groups is 1. The van der Waals surface area contributed by atoms with E-state index in [1.165, 1.54) is 38.1 Å². The van der Waals surface area contributed by atoms with Crippen molar-refractivity contribution in [3.05, 3.63) is 29.8 Å². The fraction of sp³-hybridized carbons (Fsp3) is 0.444. The highest BCUT2D eigenvalue weighted by Gasteiger charge is 2.30. The maximum absolute atomic E-state index is 12.4. The highest BCUT2D eigenvalue weighted by atomic mass is 16.4. The van der Waals surface area contributed by atoms with Gasteiger partial charge in [0.2, 0.25) is 17.7 Å². The Bertz CT molecular complexity index is 734. The minimum atomic E-state index is -1.43. The molecule has 0 saturated heterocycles. The Morgan fingerprint density at radius 1 is 1.03 bits per heavy atom. The van der Waals surface area contributed by atoms with Gasteiger partial charge in [-0.1, -0.05) is 12.1 Å². The summed E-state index contributed by atoms with van der Waals surface area (Å²) in [5, 5.41) is 35.2. The van der Waals surface area contributed by atoms with E-state index in [1.807, 2.05) is 0 Å². The normalized spacial score (nSPS) is 14.8. The number of benzene rings is 1. The smallest absolute Gasteiger partial charge is 0.326 e. The Labute approximate surface area is 167 Å². The summed E-state index contributed by atoms with van der Waals surface area (Å²) in [5.74, 6) is -3.54. The monoisotopic (exact) mass is 410 g/mol. The summed E-state index contributed by atoms with van der Waals surface area (Å²) in [6, 6.07) is 2.18. The van der Waals surface area contributed by atoms with E-state index in [-0.39, 0.29) is 12.2 Å². The van der Waals surface area contributed by atoms with Crippen LogP contribution >= 0.6 is 0 Å². The van der Waals surface area contributed by atoms with Crippen molar-refractivity contribution in [3.63, 3.8) is 0 Å². The number of amides is 3. The number of aliphatic carboxylic acids is 1. The number of nitrogens with two attached hydrogens (primary N) is 1. The van der Waals surface area contributed by atoms with E-state index in [2.05, 4.69) is 16.0 Å². The number of carbonyl (C=O) groups is 4. The Kier molecular flexibility index (Phi) is 9.03. The number of carboxylic acid groups (broad SMARTS) is 1. The van der Waals surface area contributed by atoms with E-state index >= 15 is 0 Å². The molecular formula is C18H26N4O7. The molecule has 0 spiro atoms. The highest BCUT2D eigenvalue weighted by molar-refractivity contribution is 5.92. The number of hydrogen-bond acceptors (Lipinski definition) is 7. The van der Waals surface area contributed by atoms with Gasteiger partial charge in [0.25, 0.3) is 0 Å². The standard InChI is InChI=1S/C18H26N4O7/c1-9(19)16(26)20-8-14(25)22-15(10(2)23)17(27)21-13(18(28)29)7-11-3-5-12(24)6-4-11/h3-6,9-10,13,15,23-24H,7-8,19H2,1-2H3,(H,20,26)(H,21,27)(H,22,25)(H,28,29). The van der Waals surface area contributed by atoms with Crippen LogP contribution in [0.1, 0.15) is 19.4 Å². The zero-order chi connectivity index (χ0) is 22.1. The molecule has 160 valence electrons. The molecule has 4 atom stereocenters. The van der Waals surface area contributed by atoms with Gasteiger partial charge in [-0.15, -0.1) is 0 Å². The molecule has 1 aromatic carbocycles. The summed E-state index contributed by atoms with van der Waals surface area (Å²) in [6.45, 7) is 2.22. The number of carbonyl (C=O) groups excluding carboxylic acids is 3. The van der Waals surface area contributed by atoms with Gasteiger partial charge in [-0.05, 0) is 31.5 Å². The van der Waals surface area contributed by atoms with Crippen LogP contribution in [-0.4, -0.2) is 69.8 Å². The first-order chi connectivity index (χ1) is 13.5. The van der Waals surface area contributed by atoms with Crippen molar-refractivity contribution in [3.8, 4) is 5.75 Å². The number of phenols is 1. The molecule has 0 aliphatic carbocycles. The van der Waals surface area contributed by atoms with Gasteiger partial charge < -0.3 is 37.0 Å². The second kappa shape index (κ2) is 11.0. The van der Waals surface area contributed by atoms with Crippen molar-refractivity contribution < 1.29 is 34.5 Å². The second-order valence-corrected chi connectivity index (χ2v) is 6.56. The summed E-state index contributed by atoms with van der Waals surface area (Å²) in [6.07, 6.45) is -1.40. The summed E-state index contributed by atoms with van der Waals surface area (Å²) >= 11 is 0. The van der Waals surface area contributed by atoms with Crippen LogP contribution in [0.15, 0.2) is 24.3 Å². The van der Waals surface area contributed by atoms with Crippen molar-refractivity contribution in [2.75, 3.05) is 6.54 Å². The maximum atomic E-state index is 12.4. The second-order valence-electron chi connectivity index (χ2n) is 6.56. The number of rotatable bonds is 10. The van der Waals surface area contributed by atoms with E-state index in [0.29, 0.717) is 5.56 Å². The van der Waals surface area contributed by atoms with Crippen LogP contribution in [-0.2, 0) is 25.6 Å². The molecule has 3 amide bonds. The molecule has 29 heavy (non-hydrogen) atoms. The van der Waals surface area contributed by atoms with Gasteiger partial charge >= 0.3 is 5.97 Å². The van der Waals surface area contributed by atoms with Crippen LogP contribution in [0.5, 0.6) is 5.75 Å². The molecule has 0 heterocycles. The Morgan fingerprint density at radius 2 is 1.62 bits per heavy atom. The van der Waals surface area contributed by atoms with Gasteiger partial charge in [-0.3, -0.25) is 14.4 Å². The van der Waals surface area contributed by atoms with Crippen LogP contribution in [0.2, 0.25) is 0 Å². The quantitative estimate of drug-likeness (QED) is 0.227. The van der Waals surface area contributed by atoms with E-state index in [0.717, 1.165) is 0 Å². The molecule has 0 fully saturated rings. The first-order valence-electron chi connectivity index (χ1n) is 8.83.